The Kier molecular flexibility index (Phi) is 2.03. The van der Waals surface area contributed by atoms with E-state index >= 15 is 0 Å². The highest BCUT2D eigenvalue weighted by Gasteiger charge is 2.06. The zero-order chi connectivity index (χ0) is 10.3. The van der Waals surface area contributed by atoms with Gasteiger partial charge in [-0.15, -0.1) is 0 Å². The van der Waals surface area contributed by atoms with Crippen molar-refractivity contribution in [1.29, 1.82) is 0 Å². The minimum absolute atomic E-state index is 0.273. The summed E-state index contributed by atoms with van der Waals surface area (Å²) in [7, 11) is 0. The van der Waals surface area contributed by atoms with Gasteiger partial charge in [0.05, 0.1) is 5.52 Å². The number of benzene rings is 1. The van der Waals surface area contributed by atoms with Gasteiger partial charge < -0.3 is 4.98 Å². The molecule has 0 amide bonds. The molecule has 1 heterocycles. The fraction of sp³-hybridized carbons (Fsp3) is 0.111. The van der Waals surface area contributed by atoms with Crippen molar-refractivity contribution in [2.24, 2.45) is 0 Å². The van der Waals surface area contributed by atoms with Crippen LogP contribution in [0.15, 0.2) is 12.1 Å². The SMILES string of the molecule is Cc1nc(=S)c2cc(F)c(F)cc2[nH]1. The zero-order valence-electron chi connectivity index (χ0n) is 7.27. The van der Waals surface area contributed by atoms with Crippen molar-refractivity contribution in [2.45, 2.75) is 6.92 Å². The Morgan fingerprint density at radius 2 is 1.93 bits per heavy atom. The Morgan fingerprint density at radius 3 is 2.64 bits per heavy atom. The lowest BCUT2D eigenvalue weighted by atomic mass is 10.2. The van der Waals surface area contributed by atoms with Gasteiger partial charge in [0.1, 0.15) is 10.5 Å². The summed E-state index contributed by atoms with van der Waals surface area (Å²) in [4.78, 5) is 6.76. The van der Waals surface area contributed by atoms with Crippen LogP contribution < -0.4 is 0 Å². The van der Waals surface area contributed by atoms with E-state index in [1.54, 1.807) is 6.92 Å². The summed E-state index contributed by atoms with van der Waals surface area (Å²) >= 11 is 4.92. The third-order valence-corrected chi connectivity index (χ3v) is 2.19. The van der Waals surface area contributed by atoms with Crippen LogP contribution in [0.4, 0.5) is 8.78 Å². The molecule has 0 atom stereocenters. The predicted molar refractivity (Wildman–Crippen MR) is 51.6 cm³/mol. The van der Waals surface area contributed by atoms with Gasteiger partial charge in [-0.05, 0) is 13.0 Å². The Balaban J connectivity index is 2.96. The zero-order valence-corrected chi connectivity index (χ0v) is 8.08. The summed E-state index contributed by atoms with van der Waals surface area (Å²) in [5.74, 6) is -1.23. The fourth-order valence-corrected chi connectivity index (χ4v) is 1.57. The molecule has 0 spiro atoms. The monoisotopic (exact) mass is 212 g/mol. The lowest BCUT2D eigenvalue weighted by molar-refractivity contribution is 0.510. The highest BCUT2D eigenvalue weighted by Crippen LogP contribution is 2.17. The summed E-state index contributed by atoms with van der Waals surface area (Å²) in [5, 5.41) is 0.421. The van der Waals surface area contributed by atoms with Gasteiger partial charge in [0.2, 0.25) is 0 Å². The number of nitrogens with zero attached hydrogens (tertiary/aromatic N) is 1. The molecule has 72 valence electrons. The molecule has 5 heteroatoms. The molecule has 14 heavy (non-hydrogen) atoms. The molecule has 0 saturated carbocycles. The van der Waals surface area contributed by atoms with Crippen LogP contribution in [0.3, 0.4) is 0 Å². The van der Waals surface area contributed by atoms with E-state index in [9.17, 15) is 8.78 Å². The first-order valence-corrected chi connectivity index (χ1v) is 4.34. The smallest absolute Gasteiger partial charge is 0.160 e. The molecule has 1 aromatic carbocycles. The molecule has 0 saturated heterocycles. The number of nitrogens with one attached hydrogen (secondary N) is 1. The highest BCUT2D eigenvalue weighted by molar-refractivity contribution is 7.71. The minimum Gasteiger partial charge on any atom is -0.343 e. The number of aromatic nitrogens is 2. The van der Waals surface area contributed by atoms with E-state index in [-0.39, 0.29) is 4.64 Å². The number of aryl methyl sites for hydroxylation is 1. The van der Waals surface area contributed by atoms with E-state index in [0.717, 1.165) is 12.1 Å². The lowest BCUT2D eigenvalue weighted by Gasteiger charge is -2.01. The van der Waals surface area contributed by atoms with Gasteiger partial charge in [0.25, 0.3) is 0 Å². The Labute approximate surface area is 83.6 Å². The fourth-order valence-electron chi connectivity index (χ4n) is 1.26. The maximum absolute atomic E-state index is 12.9. The van der Waals surface area contributed by atoms with Gasteiger partial charge in [0.15, 0.2) is 11.6 Å². The molecule has 2 aromatic rings. The molecule has 0 fully saturated rings. The number of hydrogen-bond acceptors (Lipinski definition) is 2. The van der Waals surface area contributed by atoms with Crippen LogP contribution in [-0.4, -0.2) is 9.97 Å². The van der Waals surface area contributed by atoms with Crippen LogP contribution in [-0.2, 0) is 0 Å². The third kappa shape index (κ3) is 1.39. The standard InChI is InChI=1S/C9H6F2N2S/c1-4-12-8-3-7(11)6(10)2-5(8)9(14)13-4/h2-3H,1H3,(H,12,13,14). The highest BCUT2D eigenvalue weighted by atomic mass is 32.1. The van der Waals surface area contributed by atoms with Crippen molar-refractivity contribution in [1.82, 2.24) is 9.97 Å². The van der Waals surface area contributed by atoms with Crippen LogP contribution >= 0.6 is 12.2 Å². The molecule has 1 N–H and O–H groups in total. The second-order valence-electron chi connectivity index (χ2n) is 2.94. The predicted octanol–water partition coefficient (Wildman–Crippen LogP) is 2.88. The van der Waals surface area contributed by atoms with E-state index in [2.05, 4.69) is 9.97 Å². The van der Waals surface area contributed by atoms with Crippen LogP contribution in [0, 0.1) is 23.2 Å². The van der Waals surface area contributed by atoms with Crippen molar-refractivity contribution in [3.63, 3.8) is 0 Å². The lowest BCUT2D eigenvalue weighted by Crippen LogP contribution is -1.93. The summed E-state index contributed by atoms with van der Waals surface area (Å²) in [6.45, 7) is 1.70. The van der Waals surface area contributed by atoms with Gasteiger partial charge in [-0.3, -0.25) is 0 Å². The number of hydrogen-bond donors (Lipinski definition) is 1. The van der Waals surface area contributed by atoms with Crippen molar-refractivity contribution in [3.8, 4) is 0 Å². The maximum atomic E-state index is 12.9. The molecule has 0 unspecified atom stereocenters. The van der Waals surface area contributed by atoms with Crippen LogP contribution in [0.25, 0.3) is 10.9 Å². The first-order chi connectivity index (χ1) is 6.58. The molecular formula is C9H6F2N2S. The number of halogens is 2. The summed E-state index contributed by atoms with van der Waals surface area (Å²) in [5.41, 5.74) is 0.460. The van der Waals surface area contributed by atoms with Gasteiger partial charge in [-0.2, -0.15) is 0 Å². The van der Waals surface area contributed by atoms with E-state index in [0.29, 0.717) is 16.7 Å². The molecule has 2 rings (SSSR count). The summed E-state index contributed by atoms with van der Waals surface area (Å²) < 4.78 is 26.0. The number of H-pyrrole nitrogens is 1. The van der Waals surface area contributed by atoms with E-state index in [1.807, 2.05) is 0 Å². The average Bonchev–Trinajstić information content (AvgIpc) is 2.08. The van der Waals surface area contributed by atoms with Crippen LogP contribution in [0.5, 0.6) is 0 Å². The van der Waals surface area contributed by atoms with Crippen molar-refractivity contribution >= 4 is 23.1 Å². The first kappa shape index (κ1) is 9.21. The Morgan fingerprint density at radius 1 is 1.29 bits per heavy atom. The van der Waals surface area contributed by atoms with Crippen molar-refractivity contribution in [3.05, 3.63) is 34.2 Å². The number of fused-ring (bicyclic) bond motifs is 1. The summed E-state index contributed by atoms with van der Waals surface area (Å²) in [6.07, 6.45) is 0. The maximum Gasteiger partial charge on any atom is 0.160 e. The van der Waals surface area contributed by atoms with Gasteiger partial charge in [-0.1, -0.05) is 12.2 Å². The molecule has 0 bridgehead atoms. The van der Waals surface area contributed by atoms with E-state index in [4.69, 9.17) is 12.2 Å². The minimum atomic E-state index is -0.914. The van der Waals surface area contributed by atoms with Crippen LogP contribution in [0.1, 0.15) is 5.82 Å². The van der Waals surface area contributed by atoms with Crippen molar-refractivity contribution < 1.29 is 8.78 Å². The number of aromatic amines is 1. The molecule has 1 aromatic heterocycles. The molecular weight excluding hydrogens is 206 g/mol. The third-order valence-electron chi connectivity index (χ3n) is 1.88. The quantitative estimate of drug-likeness (QED) is 0.680. The molecule has 0 aliphatic heterocycles. The van der Waals surface area contributed by atoms with E-state index < -0.39 is 11.6 Å². The average molecular weight is 212 g/mol. The topological polar surface area (TPSA) is 28.7 Å². The van der Waals surface area contributed by atoms with E-state index in [1.165, 1.54) is 0 Å². The largest absolute Gasteiger partial charge is 0.343 e. The molecule has 2 nitrogen and oxygen atoms in total. The summed E-state index contributed by atoms with van der Waals surface area (Å²) in [6, 6.07) is 2.13. The van der Waals surface area contributed by atoms with Gasteiger partial charge >= 0.3 is 0 Å². The first-order valence-electron chi connectivity index (χ1n) is 3.93. The second-order valence-corrected chi connectivity index (χ2v) is 3.33. The Bertz CT molecular complexity index is 562. The van der Waals surface area contributed by atoms with Crippen LogP contribution in [0.2, 0.25) is 0 Å². The molecule has 0 aliphatic rings. The van der Waals surface area contributed by atoms with Gasteiger partial charge in [0, 0.05) is 11.5 Å². The van der Waals surface area contributed by atoms with Crippen molar-refractivity contribution in [2.75, 3.05) is 0 Å². The Hall–Kier alpha value is -1.36. The normalized spacial score (nSPS) is 10.8. The molecule has 0 radical (unpaired) electrons. The second kappa shape index (κ2) is 3.09. The van der Waals surface area contributed by atoms with Gasteiger partial charge in [-0.25, -0.2) is 13.8 Å². The molecule has 0 aliphatic carbocycles. The number of rotatable bonds is 0.